The Morgan fingerprint density at radius 2 is 1.76 bits per heavy atom. The van der Waals surface area contributed by atoms with Gasteiger partial charge < -0.3 is 5.11 Å². The molecule has 21 heavy (non-hydrogen) atoms. The summed E-state index contributed by atoms with van der Waals surface area (Å²) in [6, 6.07) is 16.6. The fourth-order valence-corrected chi connectivity index (χ4v) is 2.41. The van der Waals surface area contributed by atoms with Gasteiger partial charge in [-0.15, -0.1) is 5.11 Å². The fraction of sp³-hybridized carbons (Fsp3) is 0.0588. The molecule has 0 fully saturated rings. The van der Waals surface area contributed by atoms with Crippen molar-refractivity contribution in [3.63, 3.8) is 0 Å². The molecule has 0 heterocycles. The third kappa shape index (κ3) is 2.73. The van der Waals surface area contributed by atoms with Crippen LogP contribution in [0.4, 0.5) is 11.4 Å². The van der Waals surface area contributed by atoms with Gasteiger partial charge in [-0.1, -0.05) is 41.9 Å². The highest BCUT2D eigenvalue weighted by atomic mass is 35.5. The first-order chi connectivity index (χ1) is 10.1. The van der Waals surface area contributed by atoms with E-state index in [4.69, 9.17) is 11.6 Å². The molecule has 3 aromatic carbocycles. The van der Waals surface area contributed by atoms with Gasteiger partial charge in [-0.3, -0.25) is 0 Å². The van der Waals surface area contributed by atoms with Crippen LogP contribution in [0.25, 0.3) is 10.8 Å². The van der Waals surface area contributed by atoms with Crippen molar-refractivity contribution in [1.29, 1.82) is 0 Å². The fourth-order valence-electron chi connectivity index (χ4n) is 2.18. The van der Waals surface area contributed by atoms with E-state index >= 15 is 0 Å². The molecule has 0 amide bonds. The van der Waals surface area contributed by atoms with E-state index in [0.29, 0.717) is 10.7 Å². The van der Waals surface area contributed by atoms with Crippen LogP contribution in [0.1, 0.15) is 5.56 Å². The molecule has 104 valence electrons. The number of azo groups is 1. The van der Waals surface area contributed by atoms with Crippen LogP contribution < -0.4 is 0 Å². The third-order valence-corrected chi connectivity index (χ3v) is 3.53. The highest BCUT2D eigenvalue weighted by Crippen LogP contribution is 2.36. The number of hydrogen-bond acceptors (Lipinski definition) is 3. The Kier molecular flexibility index (Phi) is 3.59. The summed E-state index contributed by atoms with van der Waals surface area (Å²) < 4.78 is 0. The maximum Gasteiger partial charge on any atom is 0.143 e. The quantitative estimate of drug-likeness (QED) is 0.586. The molecule has 0 bridgehead atoms. The van der Waals surface area contributed by atoms with Crippen LogP contribution in [-0.2, 0) is 0 Å². The number of fused-ring (bicyclic) bond motifs is 1. The van der Waals surface area contributed by atoms with Crippen LogP contribution in [0.2, 0.25) is 5.02 Å². The van der Waals surface area contributed by atoms with E-state index in [1.54, 1.807) is 12.1 Å². The molecule has 3 aromatic rings. The Hall–Kier alpha value is -2.39. The minimum Gasteiger partial charge on any atom is -0.506 e. The Morgan fingerprint density at radius 1 is 0.952 bits per heavy atom. The highest BCUT2D eigenvalue weighted by molar-refractivity contribution is 6.30. The monoisotopic (exact) mass is 296 g/mol. The molecule has 3 rings (SSSR count). The lowest BCUT2D eigenvalue weighted by Crippen LogP contribution is -1.76. The number of hydrogen-bond donors (Lipinski definition) is 1. The highest BCUT2D eigenvalue weighted by Gasteiger charge is 2.06. The number of aromatic hydroxyl groups is 1. The van der Waals surface area contributed by atoms with Gasteiger partial charge in [0.05, 0.1) is 5.69 Å². The molecule has 0 aliphatic heterocycles. The minimum atomic E-state index is 0.115. The van der Waals surface area contributed by atoms with Crippen LogP contribution in [-0.4, -0.2) is 5.11 Å². The van der Waals surface area contributed by atoms with Gasteiger partial charge >= 0.3 is 0 Å². The van der Waals surface area contributed by atoms with Gasteiger partial charge in [0.2, 0.25) is 0 Å². The van der Waals surface area contributed by atoms with Crippen molar-refractivity contribution in [2.24, 2.45) is 10.2 Å². The number of benzene rings is 3. The minimum absolute atomic E-state index is 0.115. The first-order valence-electron chi connectivity index (χ1n) is 6.54. The molecule has 0 saturated heterocycles. The molecule has 0 aliphatic rings. The Balaban J connectivity index is 2.09. The van der Waals surface area contributed by atoms with Crippen LogP contribution in [0, 0.1) is 6.92 Å². The lowest BCUT2D eigenvalue weighted by atomic mass is 10.1. The summed E-state index contributed by atoms with van der Waals surface area (Å²) in [5.41, 5.74) is 2.14. The molecule has 3 nitrogen and oxygen atoms in total. The van der Waals surface area contributed by atoms with Crippen molar-refractivity contribution in [1.82, 2.24) is 0 Å². The summed E-state index contributed by atoms with van der Waals surface area (Å²) in [7, 11) is 0. The van der Waals surface area contributed by atoms with Crippen molar-refractivity contribution in [2.45, 2.75) is 6.92 Å². The third-order valence-electron chi connectivity index (χ3n) is 3.30. The topological polar surface area (TPSA) is 45.0 Å². The van der Waals surface area contributed by atoms with Gasteiger partial charge in [-0.2, -0.15) is 5.11 Å². The second kappa shape index (κ2) is 5.54. The Labute approximate surface area is 127 Å². The van der Waals surface area contributed by atoms with Crippen molar-refractivity contribution in [3.8, 4) is 5.75 Å². The van der Waals surface area contributed by atoms with E-state index in [-0.39, 0.29) is 5.75 Å². The molecule has 0 atom stereocenters. The van der Waals surface area contributed by atoms with Crippen LogP contribution in [0.15, 0.2) is 64.8 Å². The van der Waals surface area contributed by atoms with Gasteiger partial charge in [0.25, 0.3) is 0 Å². The molecule has 0 radical (unpaired) electrons. The smallest absolute Gasteiger partial charge is 0.143 e. The Morgan fingerprint density at radius 3 is 2.57 bits per heavy atom. The molecular weight excluding hydrogens is 284 g/mol. The average molecular weight is 297 g/mol. The standard InChI is InChI=1S/C17H13ClN2O/c1-11-10-13(18)7-8-15(11)19-20-17-14-5-3-2-4-12(14)6-9-16(17)21/h2-10,21H,1H3. The van der Waals surface area contributed by atoms with Crippen LogP contribution >= 0.6 is 11.6 Å². The summed E-state index contributed by atoms with van der Waals surface area (Å²) in [5.74, 6) is 0.115. The van der Waals surface area contributed by atoms with Crippen molar-refractivity contribution >= 4 is 33.7 Å². The van der Waals surface area contributed by atoms with Gasteiger partial charge in [-0.25, -0.2) is 0 Å². The van der Waals surface area contributed by atoms with E-state index in [1.807, 2.05) is 49.4 Å². The number of phenolic OH excluding ortho intramolecular Hbond substituents is 1. The summed E-state index contributed by atoms with van der Waals surface area (Å²) in [5, 5.41) is 21.0. The number of nitrogens with zero attached hydrogens (tertiary/aromatic N) is 2. The number of halogens is 1. The van der Waals surface area contributed by atoms with E-state index in [2.05, 4.69) is 10.2 Å². The number of aryl methyl sites for hydroxylation is 1. The molecule has 0 spiro atoms. The van der Waals surface area contributed by atoms with E-state index in [0.717, 1.165) is 22.0 Å². The van der Waals surface area contributed by atoms with Gasteiger partial charge in [0, 0.05) is 10.4 Å². The lowest BCUT2D eigenvalue weighted by Gasteiger charge is -2.04. The normalized spacial score (nSPS) is 11.3. The van der Waals surface area contributed by atoms with E-state index < -0.39 is 0 Å². The maximum absolute atomic E-state index is 10.0. The molecule has 0 saturated carbocycles. The van der Waals surface area contributed by atoms with Gasteiger partial charge in [0.1, 0.15) is 11.4 Å². The molecule has 0 aliphatic carbocycles. The summed E-state index contributed by atoms with van der Waals surface area (Å²) >= 11 is 5.93. The number of rotatable bonds is 2. The first kappa shape index (κ1) is 13.6. The predicted octanol–water partition coefficient (Wildman–Crippen LogP) is 5.92. The second-order valence-corrected chi connectivity index (χ2v) is 5.22. The summed E-state index contributed by atoms with van der Waals surface area (Å²) in [6.07, 6.45) is 0. The molecule has 0 aromatic heterocycles. The van der Waals surface area contributed by atoms with E-state index in [1.165, 1.54) is 0 Å². The zero-order valence-corrected chi connectivity index (χ0v) is 12.2. The zero-order valence-electron chi connectivity index (χ0n) is 11.4. The van der Waals surface area contributed by atoms with Crippen LogP contribution in [0.5, 0.6) is 5.75 Å². The SMILES string of the molecule is Cc1cc(Cl)ccc1N=Nc1c(O)ccc2ccccc12. The zero-order chi connectivity index (χ0) is 14.8. The molecule has 4 heteroatoms. The second-order valence-electron chi connectivity index (χ2n) is 4.79. The first-order valence-corrected chi connectivity index (χ1v) is 6.91. The van der Waals surface area contributed by atoms with Crippen molar-refractivity contribution in [2.75, 3.05) is 0 Å². The molecular formula is C17H13ClN2O. The molecule has 0 unspecified atom stereocenters. The summed E-state index contributed by atoms with van der Waals surface area (Å²) in [6.45, 7) is 1.92. The lowest BCUT2D eigenvalue weighted by molar-refractivity contribution is 0.477. The van der Waals surface area contributed by atoms with Crippen LogP contribution in [0.3, 0.4) is 0 Å². The van der Waals surface area contributed by atoms with Crippen molar-refractivity contribution in [3.05, 3.63) is 65.2 Å². The summed E-state index contributed by atoms with van der Waals surface area (Å²) in [4.78, 5) is 0. The van der Waals surface area contributed by atoms with Gasteiger partial charge in [-0.05, 0) is 42.1 Å². The maximum atomic E-state index is 10.0. The Bertz CT molecular complexity index is 843. The largest absolute Gasteiger partial charge is 0.506 e. The van der Waals surface area contributed by atoms with Gasteiger partial charge in [0.15, 0.2) is 0 Å². The van der Waals surface area contributed by atoms with Crippen molar-refractivity contribution < 1.29 is 5.11 Å². The predicted molar refractivity (Wildman–Crippen MR) is 86.0 cm³/mol. The molecule has 1 N–H and O–H groups in total. The number of phenols is 1. The average Bonchev–Trinajstić information content (AvgIpc) is 2.48. The van der Waals surface area contributed by atoms with E-state index in [9.17, 15) is 5.11 Å².